The highest BCUT2D eigenvalue weighted by Gasteiger charge is 2.56. The summed E-state index contributed by atoms with van der Waals surface area (Å²) >= 11 is 0. The van der Waals surface area contributed by atoms with Crippen molar-refractivity contribution >= 4 is 10.9 Å². The number of alkyl halides is 5. The number of nitrogens with zero attached hydrogens (tertiary/aromatic N) is 2. The molecule has 2 heterocycles. The number of aromatic hydroxyl groups is 1. The molecule has 3 N–H and O–H groups in total. The number of methoxy groups -OCH3 is 1. The molecular formula is C28H25F6N3O3. The van der Waals surface area contributed by atoms with Crippen molar-refractivity contribution in [3.63, 3.8) is 0 Å². The summed E-state index contributed by atoms with van der Waals surface area (Å²) in [6.45, 7) is 0.512. The first-order chi connectivity index (χ1) is 18.8. The van der Waals surface area contributed by atoms with E-state index in [0.717, 1.165) is 23.8 Å². The first kappa shape index (κ1) is 29.1. The summed E-state index contributed by atoms with van der Waals surface area (Å²) in [5.41, 5.74) is -3.80. The minimum Gasteiger partial charge on any atom is -0.505 e. The minimum atomic E-state index is -5.27. The van der Waals surface area contributed by atoms with E-state index in [0.29, 0.717) is 10.9 Å². The molecule has 0 aliphatic rings. The van der Waals surface area contributed by atoms with E-state index in [1.165, 1.54) is 31.4 Å². The van der Waals surface area contributed by atoms with E-state index in [-0.39, 0.29) is 28.1 Å². The van der Waals surface area contributed by atoms with E-state index >= 15 is 0 Å². The monoisotopic (exact) mass is 565 g/mol. The number of fused-ring (bicyclic) bond motifs is 1. The molecule has 0 bridgehead atoms. The summed E-state index contributed by atoms with van der Waals surface area (Å²) in [5, 5.41) is 24.9. The van der Waals surface area contributed by atoms with Gasteiger partial charge >= 0.3 is 6.18 Å². The van der Waals surface area contributed by atoms with Crippen LogP contribution in [0.2, 0.25) is 0 Å². The number of aryl methyl sites for hydroxylation is 1. The lowest BCUT2D eigenvalue weighted by molar-refractivity contribution is -0.267. The third-order valence-electron chi connectivity index (χ3n) is 6.32. The van der Waals surface area contributed by atoms with Crippen LogP contribution in [0.3, 0.4) is 0 Å². The summed E-state index contributed by atoms with van der Waals surface area (Å²) in [4.78, 5) is 8.24. The molecular weight excluding hydrogens is 540 g/mol. The summed E-state index contributed by atoms with van der Waals surface area (Å²) < 4.78 is 88.2. The maximum atomic E-state index is 14.7. The Morgan fingerprint density at radius 2 is 1.75 bits per heavy atom. The van der Waals surface area contributed by atoms with Crippen LogP contribution in [0.15, 0.2) is 54.7 Å². The second kappa shape index (κ2) is 11.3. The van der Waals surface area contributed by atoms with Crippen LogP contribution in [0.1, 0.15) is 22.4 Å². The van der Waals surface area contributed by atoms with E-state index in [9.17, 15) is 36.6 Å². The Hall–Kier alpha value is -3.90. The molecule has 0 spiro atoms. The first-order valence-corrected chi connectivity index (χ1v) is 12.0. The molecule has 0 radical (unpaired) electrons. The number of nitrogens with one attached hydrogen (secondary N) is 1. The number of benzene rings is 2. The largest absolute Gasteiger partial charge is 0.505 e. The topological polar surface area (TPSA) is 87.5 Å². The maximum absolute atomic E-state index is 14.7. The van der Waals surface area contributed by atoms with Crippen LogP contribution in [-0.2, 0) is 18.6 Å². The van der Waals surface area contributed by atoms with Crippen LogP contribution in [0.4, 0.5) is 26.3 Å². The zero-order valence-electron chi connectivity index (χ0n) is 21.4. The molecule has 0 aliphatic carbocycles. The van der Waals surface area contributed by atoms with Gasteiger partial charge in [0.25, 0.3) is 6.43 Å². The second-order valence-electron chi connectivity index (χ2n) is 9.31. The summed E-state index contributed by atoms with van der Waals surface area (Å²) in [6, 6.07) is 9.71. The van der Waals surface area contributed by atoms with Gasteiger partial charge in [0, 0.05) is 35.7 Å². The zero-order valence-corrected chi connectivity index (χ0v) is 21.4. The van der Waals surface area contributed by atoms with Crippen molar-refractivity contribution in [3.8, 4) is 22.8 Å². The van der Waals surface area contributed by atoms with Gasteiger partial charge in [-0.25, -0.2) is 18.2 Å². The Morgan fingerprint density at radius 3 is 2.38 bits per heavy atom. The van der Waals surface area contributed by atoms with Crippen LogP contribution in [0, 0.1) is 12.7 Å². The van der Waals surface area contributed by atoms with Gasteiger partial charge in [-0.05, 0) is 66.6 Å². The van der Waals surface area contributed by atoms with Crippen molar-refractivity contribution in [2.24, 2.45) is 0 Å². The number of hydrogen-bond acceptors (Lipinski definition) is 6. The van der Waals surface area contributed by atoms with Crippen molar-refractivity contribution in [1.29, 1.82) is 0 Å². The average molecular weight is 566 g/mol. The summed E-state index contributed by atoms with van der Waals surface area (Å²) in [6.07, 6.45) is -7.44. The quantitative estimate of drug-likeness (QED) is 0.222. The predicted molar refractivity (Wildman–Crippen MR) is 136 cm³/mol. The highest BCUT2D eigenvalue weighted by Crippen LogP contribution is 2.44. The van der Waals surface area contributed by atoms with Gasteiger partial charge in [0.05, 0.1) is 19.3 Å². The fourth-order valence-electron chi connectivity index (χ4n) is 4.34. The highest BCUT2D eigenvalue weighted by molar-refractivity contribution is 5.85. The summed E-state index contributed by atoms with van der Waals surface area (Å²) in [5.74, 6) is -1.05. The van der Waals surface area contributed by atoms with Gasteiger partial charge in [-0.1, -0.05) is 0 Å². The molecule has 4 rings (SSSR count). The average Bonchev–Trinajstić information content (AvgIpc) is 2.88. The Balaban J connectivity index is 1.88. The smallest absolute Gasteiger partial charge is 0.423 e. The van der Waals surface area contributed by atoms with E-state index in [2.05, 4.69) is 15.3 Å². The van der Waals surface area contributed by atoms with Crippen molar-refractivity contribution < 1.29 is 41.3 Å². The predicted octanol–water partition coefficient (Wildman–Crippen LogP) is 5.81. The molecule has 2 aromatic heterocycles. The molecule has 212 valence electrons. The number of aromatic nitrogens is 2. The van der Waals surface area contributed by atoms with Crippen LogP contribution >= 0.6 is 0 Å². The lowest BCUT2D eigenvalue weighted by atomic mass is 9.88. The molecule has 1 atom stereocenters. The van der Waals surface area contributed by atoms with E-state index in [1.807, 2.05) is 0 Å². The lowest BCUT2D eigenvalue weighted by Gasteiger charge is -2.31. The van der Waals surface area contributed by atoms with E-state index in [4.69, 9.17) is 4.74 Å². The first-order valence-electron chi connectivity index (χ1n) is 12.0. The van der Waals surface area contributed by atoms with E-state index < -0.39 is 55.0 Å². The number of hydrogen-bond donors (Lipinski definition) is 3. The molecule has 0 saturated heterocycles. The Morgan fingerprint density at radius 1 is 1.05 bits per heavy atom. The van der Waals surface area contributed by atoms with Gasteiger partial charge in [0.15, 0.2) is 0 Å². The highest BCUT2D eigenvalue weighted by atomic mass is 19.4. The molecule has 12 heteroatoms. The third kappa shape index (κ3) is 5.97. The Kier molecular flexibility index (Phi) is 8.22. The van der Waals surface area contributed by atoms with Gasteiger partial charge in [0.2, 0.25) is 5.60 Å². The number of aliphatic hydroxyl groups is 1. The second-order valence-corrected chi connectivity index (χ2v) is 9.31. The molecule has 0 amide bonds. The maximum Gasteiger partial charge on any atom is 0.423 e. The zero-order chi connectivity index (χ0) is 29.2. The van der Waals surface area contributed by atoms with Gasteiger partial charge < -0.3 is 20.3 Å². The van der Waals surface area contributed by atoms with Crippen molar-refractivity contribution in [1.82, 2.24) is 15.3 Å². The fraction of sp³-hybridized carbons (Fsp3) is 0.286. The minimum absolute atomic E-state index is 0.0483. The van der Waals surface area contributed by atoms with Gasteiger partial charge in [0.1, 0.15) is 28.5 Å². The van der Waals surface area contributed by atoms with E-state index in [1.54, 1.807) is 19.2 Å². The lowest BCUT2D eigenvalue weighted by Crippen LogP contribution is -2.45. The molecule has 0 aliphatic heterocycles. The van der Waals surface area contributed by atoms with Crippen LogP contribution in [0.25, 0.3) is 22.2 Å². The fourth-order valence-corrected chi connectivity index (χ4v) is 4.34. The van der Waals surface area contributed by atoms with Gasteiger partial charge in [-0.3, -0.25) is 4.98 Å². The molecule has 4 aromatic rings. The molecule has 40 heavy (non-hydrogen) atoms. The van der Waals surface area contributed by atoms with Gasteiger partial charge in [-0.2, -0.15) is 13.2 Å². The number of halogens is 6. The van der Waals surface area contributed by atoms with Gasteiger partial charge in [-0.15, -0.1) is 0 Å². The third-order valence-corrected chi connectivity index (χ3v) is 6.32. The summed E-state index contributed by atoms with van der Waals surface area (Å²) in [7, 11) is 1.34. The van der Waals surface area contributed by atoms with Crippen LogP contribution < -0.4 is 10.1 Å². The number of pyridine rings is 2. The molecule has 2 aromatic carbocycles. The number of ether oxygens (including phenoxy) is 1. The Labute approximate surface area is 225 Å². The number of rotatable bonds is 9. The SMILES string of the molecule is COc1cc(C[C@](O)(c2cc(CNCC(F)F)c(O)c(-c3ccc(F)cc3)n2)C(F)(F)F)cc2cc(C)cnc12. The molecule has 0 saturated carbocycles. The standard InChI is InChI=1S/C28H25F6N3O3/c1-15-7-18-8-16(9-21(40-2)24(18)36-12-15)11-27(39,28(32,33)34)22-10-19(13-35-14-23(30)31)26(38)25(37-22)17-3-5-20(29)6-4-17/h3-10,12,23,35,38-39H,11,13-14H2,1-2H3/t27-/m0/s1. The van der Waals surface area contributed by atoms with Crippen LogP contribution in [0.5, 0.6) is 11.5 Å². The van der Waals surface area contributed by atoms with Crippen molar-refractivity contribution in [2.75, 3.05) is 13.7 Å². The Bertz CT molecular complexity index is 1510. The van der Waals surface area contributed by atoms with Crippen LogP contribution in [-0.4, -0.2) is 46.4 Å². The molecule has 0 unspecified atom stereocenters. The van der Waals surface area contributed by atoms with Crippen molar-refractivity contribution in [3.05, 3.63) is 82.9 Å². The molecule has 6 nitrogen and oxygen atoms in total. The normalized spacial score (nSPS) is 13.6. The molecule has 0 fully saturated rings. The van der Waals surface area contributed by atoms with Crippen molar-refractivity contribution in [2.45, 2.75) is 38.1 Å².